The molecule has 1 aliphatic carbocycles. The van der Waals surface area contributed by atoms with Gasteiger partial charge in [0.05, 0.1) is 15.6 Å². The molecule has 0 bridgehead atoms. The molecular weight excluding hydrogens is 375 g/mol. The van der Waals surface area contributed by atoms with Gasteiger partial charge in [-0.25, -0.2) is 4.98 Å². The fourth-order valence-corrected chi connectivity index (χ4v) is 4.69. The van der Waals surface area contributed by atoms with Crippen molar-refractivity contribution in [3.05, 3.63) is 43.4 Å². The monoisotopic (exact) mass is 388 g/mol. The molecule has 0 fully saturated rings. The molecule has 0 amide bonds. The summed E-state index contributed by atoms with van der Waals surface area (Å²) in [6.45, 7) is 0.0595. The van der Waals surface area contributed by atoms with Crippen molar-refractivity contribution in [2.45, 2.75) is 24.8 Å². The van der Waals surface area contributed by atoms with E-state index in [0.29, 0.717) is 33.8 Å². The van der Waals surface area contributed by atoms with Crippen LogP contribution in [0.2, 0.25) is 10.2 Å². The average Bonchev–Trinajstić information content (AvgIpc) is 2.89. The van der Waals surface area contributed by atoms with Crippen molar-refractivity contribution < 1.29 is 14.4 Å². The van der Waals surface area contributed by atoms with Gasteiger partial charge >= 0.3 is 0 Å². The van der Waals surface area contributed by atoms with Crippen LogP contribution >= 0.6 is 34.5 Å². The van der Waals surface area contributed by atoms with Crippen LogP contribution in [0.15, 0.2) is 18.2 Å². The average molecular weight is 389 g/mol. The van der Waals surface area contributed by atoms with E-state index < -0.39 is 6.04 Å². The molecule has 0 unspecified atom stereocenters. The highest BCUT2D eigenvalue weighted by Crippen LogP contribution is 2.46. The fraction of sp³-hybridized carbons (Fsp3) is 0.400. The van der Waals surface area contributed by atoms with Gasteiger partial charge in [0.1, 0.15) is 16.4 Å². The van der Waals surface area contributed by atoms with Crippen molar-refractivity contribution >= 4 is 44.8 Å². The maximum atomic E-state index is 11.4. The third-order valence-corrected chi connectivity index (χ3v) is 5.90. The summed E-state index contributed by atoms with van der Waals surface area (Å²) < 4.78 is 11.2. The van der Waals surface area contributed by atoms with Gasteiger partial charge in [0.15, 0.2) is 6.79 Å². The smallest absolute Gasteiger partial charge is 0.224 e. The molecule has 2 aromatic heterocycles. The van der Waals surface area contributed by atoms with E-state index in [0.717, 1.165) is 4.88 Å². The first-order chi connectivity index (χ1) is 11.5. The number of halogens is 2. The van der Waals surface area contributed by atoms with Crippen LogP contribution in [-0.4, -0.2) is 29.9 Å². The Morgan fingerprint density at radius 2 is 2.17 bits per heavy atom. The zero-order valence-electron chi connectivity index (χ0n) is 12.7. The highest BCUT2D eigenvalue weighted by Gasteiger charge is 2.36. The number of aromatic nitrogens is 1. The van der Waals surface area contributed by atoms with Gasteiger partial charge in [-0.15, -0.1) is 11.3 Å². The summed E-state index contributed by atoms with van der Waals surface area (Å²) in [5, 5.41) is 12.0. The fourth-order valence-electron chi connectivity index (χ4n) is 2.78. The topological polar surface area (TPSA) is 74.5 Å². The number of fused-ring (bicyclic) bond motifs is 1. The molecule has 2 aromatic rings. The molecule has 0 N–H and O–H groups in total. The van der Waals surface area contributed by atoms with E-state index in [4.69, 9.17) is 32.7 Å². The lowest BCUT2D eigenvalue weighted by Crippen LogP contribution is -2.28. The number of hydrogen-bond donors (Lipinski definition) is 0. The van der Waals surface area contributed by atoms with Crippen LogP contribution in [0.1, 0.15) is 23.6 Å². The van der Waals surface area contributed by atoms with Crippen molar-refractivity contribution in [2.24, 2.45) is 0 Å². The quantitative estimate of drug-likeness (QED) is 0.244. The number of ether oxygens (including phenoxy) is 2. The Bertz CT molecular complexity index is 808. The van der Waals surface area contributed by atoms with E-state index in [2.05, 4.69) is 4.98 Å². The number of allylic oxidation sites excluding steroid dienone is 1. The molecule has 0 saturated heterocycles. The Morgan fingerprint density at radius 3 is 2.88 bits per heavy atom. The van der Waals surface area contributed by atoms with Gasteiger partial charge in [-0.1, -0.05) is 35.4 Å². The summed E-state index contributed by atoms with van der Waals surface area (Å²) in [7, 11) is 1.52. The van der Waals surface area contributed by atoms with Crippen molar-refractivity contribution in [1.82, 2.24) is 4.98 Å². The highest BCUT2D eigenvalue weighted by atomic mass is 35.5. The summed E-state index contributed by atoms with van der Waals surface area (Å²) >= 11 is 13.9. The van der Waals surface area contributed by atoms with Crippen molar-refractivity contribution in [2.75, 3.05) is 13.9 Å². The van der Waals surface area contributed by atoms with Crippen LogP contribution in [0.25, 0.3) is 10.2 Å². The first-order valence-corrected chi connectivity index (χ1v) is 8.78. The van der Waals surface area contributed by atoms with E-state index in [1.807, 2.05) is 12.2 Å². The van der Waals surface area contributed by atoms with Gasteiger partial charge in [-0.05, 0) is 6.42 Å². The van der Waals surface area contributed by atoms with Crippen LogP contribution in [-0.2, 0) is 4.74 Å². The van der Waals surface area contributed by atoms with Gasteiger partial charge in [-0.2, -0.15) is 0 Å². The maximum absolute atomic E-state index is 11.4. The van der Waals surface area contributed by atoms with Crippen LogP contribution < -0.4 is 4.74 Å². The summed E-state index contributed by atoms with van der Waals surface area (Å²) in [4.78, 5) is 16.2. The largest absolute Gasteiger partial charge is 0.466 e. The molecule has 24 heavy (non-hydrogen) atoms. The Morgan fingerprint density at radius 1 is 1.42 bits per heavy atom. The van der Waals surface area contributed by atoms with Crippen molar-refractivity contribution in [3.63, 3.8) is 0 Å². The molecule has 9 heteroatoms. The zero-order chi connectivity index (χ0) is 17.3. The lowest BCUT2D eigenvalue weighted by molar-refractivity contribution is -0.526. The lowest BCUT2D eigenvalue weighted by atomic mass is 9.88. The summed E-state index contributed by atoms with van der Waals surface area (Å²) in [6.07, 6.45) is 4.76. The second-order valence-electron chi connectivity index (χ2n) is 5.35. The molecule has 6 nitrogen and oxygen atoms in total. The molecule has 0 aromatic carbocycles. The molecule has 2 heterocycles. The minimum absolute atomic E-state index is 0.0595. The first-order valence-electron chi connectivity index (χ1n) is 7.21. The minimum Gasteiger partial charge on any atom is -0.466 e. The number of methoxy groups -OCH3 is 1. The predicted octanol–water partition coefficient (Wildman–Crippen LogP) is 4.66. The van der Waals surface area contributed by atoms with Gasteiger partial charge < -0.3 is 9.47 Å². The number of hydrogen-bond acceptors (Lipinski definition) is 6. The van der Waals surface area contributed by atoms with Gasteiger partial charge in [0.25, 0.3) is 0 Å². The normalized spacial score (nSPS) is 20.5. The first kappa shape index (κ1) is 17.4. The summed E-state index contributed by atoms with van der Waals surface area (Å²) in [6, 6.07) is 0.894. The standard InChI is InChI=1S/C15H14Cl2N2O4S/c1-22-7-23-10-6-11(16)18-13-12(17)14(24-15(10)13)8-4-2-3-5-9(8)19(20)21/h2-3,6,8-9H,4-5,7H2,1H3/t8-,9-/m0/s1. The Labute approximate surface area is 152 Å². The third-order valence-electron chi connectivity index (χ3n) is 3.88. The van der Waals surface area contributed by atoms with E-state index >= 15 is 0 Å². The SMILES string of the molecule is COCOc1cc(Cl)nc2c(Cl)c([C@H]3CC=CC[C@@H]3[N+](=O)[O-])sc12. The van der Waals surface area contributed by atoms with Gasteiger partial charge in [0, 0.05) is 29.4 Å². The predicted molar refractivity (Wildman–Crippen MR) is 94.0 cm³/mol. The Hall–Kier alpha value is -1.41. The van der Waals surface area contributed by atoms with Gasteiger partial charge in [0.2, 0.25) is 6.04 Å². The number of nitro groups is 1. The summed E-state index contributed by atoms with van der Waals surface area (Å²) in [5.41, 5.74) is 0.506. The third kappa shape index (κ3) is 3.21. The molecule has 128 valence electrons. The second kappa shape index (κ2) is 7.23. The van der Waals surface area contributed by atoms with Crippen molar-refractivity contribution in [3.8, 4) is 5.75 Å². The van der Waals surface area contributed by atoms with E-state index in [-0.39, 0.29) is 22.8 Å². The highest BCUT2D eigenvalue weighted by molar-refractivity contribution is 7.20. The molecule has 1 aliphatic rings. The maximum Gasteiger partial charge on any atom is 0.224 e. The molecular formula is C15H14Cl2N2O4S. The lowest BCUT2D eigenvalue weighted by Gasteiger charge is -2.21. The van der Waals surface area contributed by atoms with Crippen LogP contribution in [0.4, 0.5) is 0 Å². The van der Waals surface area contributed by atoms with Crippen molar-refractivity contribution in [1.29, 1.82) is 0 Å². The molecule has 0 spiro atoms. The molecule has 0 radical (unpaired) electrons. The van der Waals surface area contributed by atoms with Crippen LogP contribution in [0, 0.1) is 10.1 Å². The number of nitrogens with zero attached hydrogens (tertiary/aromatic N) is 2. The molecule has 0 aliphatic heterocycles. The zero-order valence-corrected chi connectivity index (χ0v) is 15.0. The molecule has 0 saturated carbocycles. The Kier molecular flexibility index (Phi) is 5.24. The molecule has 2 atom stereocenters. The summed E-state index contributed by atoms with van der Waals surface area (Å²) in [5.74, 6) is 0.222. The Balaban J connectivity index is 2.10. The minimum atomic E-state index is -0.695. The molecule has 3 rings (SSSR count). The van der Waals surface area contributed by atoms with E-state index in [1.54, 1.807) is 6.07 Å². The second-order valence-corrected chi connectivity index (χ2v) is 7.17. The van der Waals surface area contributed by atoms with E-state index in [9.17, 15) is 10.1 Å². The van der Waals surface area contributed by atoms with Crippen LogP contribution in [0.5, 0.6) is 5.75 Å². The number of thiophene rings is 1. The number of pyridine rings is 1. The van der Waals surface area contributed by atoms with Crippen LogP contribution in [0.3, 0.4) is 0 Å². The van der Waals surface area contributed by atoms with E-state index in [1.165, 1.54) is 18.4 Å². The number of rotatable bonds is 5. The van der Waals surface area contributed by atoms with Gasteiger partial charge in [-0.3, -0.25) is 10.1 Å².